The van der Waals surface area contributed by atoms with Crippen LogP contribution in [0.3, 0.4) is 0 Å². The Morgan fingerprint density at radius 2 is 1.71 bits per heavy atom. The van der Waals surface area contributed by atoms with Gasteiger partial charge in [0.2, 0.25) is 0 Å². The third kappa shape index (κ3) is 4.63. The normalized spacial score (nSPS) is 10.7. The van der Waals surface area contributed by atoms with E-state index in [1.807, 2.05) is 83.5 Å². The molecule has 0 spiro atoms. The van der Waals surface area contributed by atoms with Gasteiger partial charge in [-0.3, -0.25) is 4.79 Å². The molecule has 0 saturated carbocycles. The zero-order valence-corrected chi connectivity index (χ0v) is 19.2. The minimum atomic E-state index is -0.189. The molecule has 2 N–H and O–H groups in total. The average molecular weight is 466 g/mol. The van der Waals surface area contributed by atoms with E-state index in [9.17, 15) is 4.79 Å². The molecular weight excluding hydrogens is 442 g/mol. The van der Waals surface area contributed by atoms with Gasteiger partial charge in [-0.2, -0.15) is 0 Å². The zero-order chi connectivity index (χ0) is 24.2. The van der Waals surface area contributed by atoms with Crippen LogP contribution in [0.1, 0.15) is 10.4 Å². The Balaban J connectivity index is 1.48. The zero-order valence-electron chi connectivity index (χ0n) is 19.2. The summed E-state index contributed by atoms with van der Waals surface area (Å²) in [4.78, 5) is 22.1. The van der Waals surface area contributed by atoms with Crippen LogP contribution in [0.15, 0.2) is 91.4 Å². The number of carbonyl (C=O) groups is 1. The maximum Gasteiger partial charge on any atom is 0.255 e. The van der Waals surface area contributed by atoms with Crippen molar-refractivity contribution in [2.75, 3.05) is 24.9 Å². The number of imidazole rings is 1. The topological polar surface area (TPSA) is 89.8 Å². The molecule has 0 aliphatic rings. The summed E-state index contributed by atoms with van der Waals surface area (Å²) in [5.41, 5.74) is 4.20. The molecule has 0 radical (unpaired) electrons. The Labute approximate surface area is 202 Å². The second-order valence-electron chi connectivity index (χ2n) is 7.73. The minimum Gasteiger partial charge on any atom is -0.493 e. The molecule has 3 aromatic carbocycles. The van der Waals surface area contributed by atoms with Crippen LogP contribution >= 0.6 is 0 Å². The number of fused-ring (bicyclic) bond motifs is 1. The number of rotatable bonds is 7. The number of ether oxygens (including phenoxy) is 2. The Morgan fingerprint density at radius 1 is 0.886 bits per heavy atom. The van der Waals surface area contributed by atoms with Crippen molar-refractivity contribution in [3.05, 3.63) is 97.0 Å². The molecule has 0 unspecified atom stereocenters. The molecule has 35 heavy (non-hydrogen) atoms. The number of anilines is 3. The molecule has 8 nitrogen and oxygen atoms in total. The van der Waals surface area contributed by atoms with E-state index >= 15 is 0 Å². The van der Waals surface area contributed by atoms with Crippen LogP contribution in [0.5, 0.6) is 11.5 Å². The smallest absolute Gasteiger partial charge is 0.255 e. The monoisotopic (exact) mass is 465 g/mol. The van der Waals surface area contributed by atoms with Gasteiger partial charge < -0.3 is 24.5 Å². The number of benzene rings is 3. The summed E-state index contributed by atoms with van der Waals surface area (Å²) in [6.45, 7) is 0. The van der Waals surface area contributed by atoms with E-state index in [0.717, 1.165) is 16.9 Å². The molecule has 0 bridgehead atoms. The summed E-state index contributed by atoms with van der Waals surface area (Å²) in [5, 5.41) is 6.25. The lowest BCUT2D eigenvalue weighted by molar-refractivity contribution is 0.102. The van der Waals surface area contributed by atoms with E-state index in [4.69, 9.17) is 14.5 Å². The first-order valence-electron chi connectivity index (χ1n) is 10.9. The van der Waals surface area contributed by atoms with Crippen molar-refractivity contribution in [1.82, 2.24) is 14.4 Å². The van der Waals surface area contributed by atoms with Gasteiger partial charge in [0.1, 0.15) is 0 Å². The van der Waals surface area contributed by atoms with Gasteiger partial charge in [-0.1, -0.05) is 30.3 Å². The maximum absolute atomic E-state index is 12.8. The number of nitrogens with one attached hydrogen (secondary N) is 2. The molecule has 0 fully saturated rings. The Kier molecular flexibility index (Phi) is 6.00. The van der Waals surface area contributed by atoms with Crippen molar-refractivity contribution in [3.8, 4) is 22.8 Å². The van der Waals surface area contributed by atoms with Crippen molar-refractivity contribution < 1.29 is 14.3 Å². The highest BCUT2D eigenvalue weighted by molar-refractivity contribution is 6.04. The van der Waals surface area contributed by atoms with Gasteiger partial charge in [-0.05, 0) is 36.4 Å². The minimum absolute atomic E-state index is 0.189. The SMILES string of the molecule is COc1ccc(Nc2nc(-c3cccc(C(=O)Nc4ccccc4)c3)cn3ccnc23)cc1OC. The number of nitrogens with zero attached hydrogens (tertiary/aromatic N) is 3. The van der Waals surface area contributed by atoms with E-state index in [1.165, 1.54) is 0 Å². The van der Waals surface area contributed by atoms with Crippen LogP contribution in [0, 0.1) is 0 Å². The fourth-order valence-electron chi connectivity index (χ4n) is 3.75. The number of aromatic nitrogens is 3. The number of hydrogen-bond acceptors (Lipinski definition) is 6. The first-order chi connectivity index (χ1) is 17.1. The van der Waals surface area contributed by atoms with Gasteiger partial charge in [0.25, 0.3) is 5.91 Å². The summed E-state index contributed by atoms with van der Waals surface area (Å²) in [6.07, 6.45) is 5.45. The lowest BCUT2D eigenvalue weighted by Gasteiger charge is -2.13. The number of para-hydroxylation sites is 1. The highest BCUT2D eigenvalue weighted by atomic mass is 16.5. The molecule has 0 atom stereocenters. The molecule has 5 aromatic rings. The van der Waals surface area contributed by atoms with Crippen molar-refractivity contribution in [2.24, 2.45) is 0 Å². The fourth-order valence-corrected chi connectivity index (χ4v) is 3.75. The van der Waals surface area contributed by atoms with Crippen molar-refractivity contribution in [2.45, 2.75) is 0 Å². The third-order valence-corrected chi connectivity index (χ3v) is 5.47. The molecule has 0 saturated heterocycles. The molecular formula is C27H23N5O3. The second kappa shape index (κ2) is 9.56. The number of methoxy groups -OCH3 is 2. The maximum atomic E-state index is 12.8. The van der Waals surface area contributed by atoms with Crippen molar-refractivity contribution in [3.63, 3.8) is 0 Å². The van der Waals surface area contributed by atoms with E-state index in [2.05, 4.69) is 15.6 Å². The summed E-state index contributed by atoms with van der Waals surface area (Å²) in [5.74, 6) is 1.62. The average Bonchev–Trinajstić information content (AvgIpc) is 3.38. The van der Waals surface area contributed by atoms with E-state index < -0.39 is 0 Å². The lowest BCUT2D eigenvalue weighted by atomic mass is 10.1. The number of carbonyl (C=O) groups excluding carboxylic acids is 1. The Morgan fingerprint density at radius 3 is 2.51 bits per heavy atom. The number of hydrogen-bond donors (Lipinski definition) is 2. The Hall–Kier alpha value is -4.85. The van der Waals surface area contributed by atoms with Crippen LogP contribution in [-0.2, 0) is 0 Å². The standard InChI is InChI=1S/C27H23N5O3/c1-34-23-12-11-21(16-24(23)35-2)29-25-26-28-13-14-32(26)17-22(31-25)18-7-6-8-19(15-18)27(33)30-20-9-4-3-5-10-20/h3-17H,1-2H3,(H,29,31)(H,30,33). The fraction of sp³-hybridized carbons (Fsp3) is 0.0741. The molecule has 2 aromatic heterocycles. The molecule has 2 heterocycles. The largest absolute Gasteiger partial charge is 0.493 e. The molecule has 0 aliphatic carbocycles. The number of amides is 1. The van der Waals surface area contributed by atoms with Crippen LogP contribution in [0.4, 0.5) is 17.2 Å². The quantitative estimate of drug-likeness (QED) is 0.334. The highest BCUT2D eigenvalue weighted by Crippen LogP contribution is 2.32. The summed E-state index contributed by atoms with van der Waals surface area (Å²) < 4.78 is 12.6. The van der Waals surface area contributed by atoms with Gasteiger partial charge in [0, 0.05) is 47.2 Å². The van der Waals surface area contributed by atoms with Gasteiger partial charge in [0.15, 0.2) is 23.0 Å². The molecule has 8 heteroatoms. The van der Waals surface area contributed by atoms with Gasteiger partial charge >= 0.3 is 0 Å². The van der Waals surface area contributed by atoms with Crippen LogP contribution in [0.2, 0.25) is 0 Å². The predicted molar refractivity (Wildman–Crippen MR) is 136 cm³/mol. The molecule has 5 rings (SSSR count). The van der Waals surface area contributed by atoms with Gasteiger partial charge in [-0.25, -0.2) is 9.97 Å². The summed E-state index contributed by atoms with van der Waals surface area (Å²) in [6, 6.07) is 22.3. The van der Waals surface area contributed by atoms with E-state index in [0.29, 0.717) is 34.2 Å². The van der Waals surface area contributed by atoms with Crippen molar-refractivity contribution in [1.29, 1.82) is 0 Å². The predicted octanol–water partition coefficient (Wildman–Crippen LogP) is 5.41. The molecule has 174 valence electrons. The second-order valence-corrected chi connectivity index (χ2v) is 7.73. The van der Waals surface area contributed by atoms with E-state index in [1.54, 1.807) is 26.5 Å². The third-order valence-electron chi connectivity index (χ3n) is 5.47. The first-order valence-corrected chi connectivity index (χ1v) is 10.9. The van der Waals surface area contributed by atoms with Crippen LogP contribution in [-0.4, -0.2) is 34.5 Å². The van der Waals surface area contributed by atoms with Crippen LogP contribution in [0.25, 0.3) is 16.9 Å². The lowest BCUT2D eigenvalue weighted by Crippen LogP contribution is -2.11. The van der Waals surface area contributed by atoms with Gasteiger partial charge in [-0.15, -0.1) is 0 Å². The summed E-state index contributed by atoms with van der Waals surface area (Å²) >= 11 is 0. The summed E-state index contributed by atoms with van der Waals surface area (Å²) in [7, 11) is 3.19. The van der Waals surface area contributed by atoms with Crippen LogP contribution < -0.4 is 20.1 Å². The van der Waals surface area contributed by atoms with Gasteiger partial charge in [0.05, 0.1) is 19.9 Å². The first kappa shape index (κ1) is 22.0. The molecule has 1 amide bonds. The van der Waals surface area contributed by atoms with Crippen molar-refractivity contribution >= 4 is 28.7 Å². The Bertz CT molecular complexity index is 1500. The van der Waals surface area contributed by atoms with E-state index in [-0.39, 0.29) is 5.91 Å². The molecule has 0 aliphatic heterocycles. The highest BCUT2D eigenvalue weighted by Gasteiger charge is 2.13.